The maximum absolute atomic E-state index is 12.2. The lowest BCUT2D eigenvalue weighted by atomic mass is 9.98. The molecule has 106 valence electrons. The topological polar surface area (TPSA) is 60.9 Å². The summed E-state index contributed by atoms with van der Waals surface area (Å²) in [6.45, 7) is 4.11. The molecular formula is C12H24N2O3S. The first-order chi connectivity index (χ1) is 8.54. The fourth-order valence-electron chi connectivity index (χ4n) is 2.75. The Morgan fingerprint density at radius 3 is 2.67 bits per heavy atom. The average molecular weight is 276 g/mol. The molecule has 0 amide bonds. The Balaban J connectivity index is 1.99. The van der Waals surface area contributed by atoms with E-state index in [1.54, 1.807) is 4.31 Å². The Labute approximate surface area is 110 Å². The summed E-state index contributed by atoms with van der Waals surface area (Å²) < 4.78 is 26.1. The lowest BCUT2D eigenvalue weighted by Gasteiger charge is -2.48. The van der Waals surface area contributed by atoms with Crippen LogP contribution in [-0.4, -0.2) is 60.4 Å². The van der Waals surface area contributed by atoms with Gasteiger partial charge in [-0.25, -0.2) is 12.7 Å². The van der Waals surface area contributed by atoms with Gasteiger partial charge in [0, 0.05) is 32.1 Å². The molecule has 2 aliphatic heterocycles. The van der Waals surface area contributed by atoms with Gasteiger partial charge in [-0.15, -0.1) is 0 Å². The quantitative estimate of drug-likeness (QED) is 0.817. The third kappa shape index (κ3) is 3.04. The lowest BCUT2D eigenvalue weighted by molar-refractivity contribution is -0.126. The SMILES string of the molecule is CCCCS(=O)(=O)N1CCCCN2[C@H](C[C@H]2O)C1. The Hall–Kier alpha value is -0.170. The fraction of sp³-hybridized carbons (Fsp3) is 1.00. The molecule has 0 spiro atoms. The predicted octanol–water partition coefficient (Wildman–Crippen LogP) is 0.605. The van der Waals surface area contributed by atoms with E-state index in [2.05, 4.69) is 0 Å². The minimum absolute atomic E-state index is 0.219. The van der Waals surface area contributed by atoms with E-state index in [4.69, 9.17) is 0 Å². The van der Waals surface area contributed by atoms with Gasteiger partial charge in [0.1, 0.15) is 6.23 Å². The van der Waals surface area contributed by atoms with Crippen molar-refractivity contribution in [3.8, 4) is 0 Å². The predicted molar refractivity (Wildman–Crippen MR) is 70.6 cm³/mol. The van der Waals surface area contributed by atoms with Gasteiger partial charge >= 0.3 is 0 Å². The number of fused-ring (bicyclic) bond motifs is 1. The van der Waals surface area contributed by atoms with E-state index < -0.39 is 10.0 Å². The van der Waals surface area contributed by atoms with Gasteiger partial charge < -0.3 is 5.11 Å². The fourth-order valence-corrected chi connectivity index (χ4v) is 4.47. The van der Waals surface area contributed by atoms with Gasteiger partial charge in [0.25, 0.3) is 0 Å². The summed E-state index contributed by atoms with van der Waals surface area (Å²) >= 11 is 0. The Morgan fingerprint density at radius 2 is 2.00 bits per heavy atom. The van der Waals surface area contributed by atoms with Crippen molar-refractivity contribution >= 4 is 10.0 Å². The maximum atomic E-state index is 12.2. The molecule has 6 heteroatoms. The summed E-state index contributed by atoms with van der Waals surface area (Å²) in [7, 11) is -3.10. The van der Waals surface area contributed by atoms with Gasteiger partial charge in [-0.3, -0.25) is 4.90 Å². The summed E-state index contributed by atoms with van der Waals surface area (Å²) in [6.07, 6.45) is 3.85. The molecule has 0 aliphatic carbocycles. The van der Waals surface area contributed by atoms with Crippen LogP contribution in [0.1, 0.15) is 39.0 Å². The van der Waals surface area contributed by atoms with Crippen molar-refractivity contribution in [2.24, 2.45) is 0 Å². The highest BCUT2D eigenvalue weighted by molar-refractivity contribution is 7.89. The van der Waals surface area contributed by atoms with Gasteiger partial charge in [-0.1, -0.05) is 13.3 Å². The van der Waals surface area contributed by atoms with Crippen molar-refractivity contribution in [1.82, 2.24) is 9.21 Å². The van der Waals surface area contributed by atoms with Crippen LogP contribution in [0.15, 0.2) is 0 Å². The molecular weight excluding hydrogens is 252 g/mol. The van der Waals surface area contributed by atoms with Gasteiger partial charge in [-0.2, -0.15) is 0 Å². The van der Waals surface area contributed by atoms with Crippen LogP contribution in [0.3, 0.4) is 0 Å². The Morgan fingerprint density at radius 1 is 1.28 bits per heavy atom. The zero-order valence-electron chi connectivity index (χ0n) is 11.1. The van der Waals surface area contributed by atoms with Crippen LogP contribution >= 0.6 is 0 Å². The minimum atomic E-state index is -3.10. The van der Waals surface area contributed by atoms with Crippen molar-refractivity contribution in [3.63, 3.8) is 0 Å². The van der Waals surface area contributed by atoms with E-state index in [-0.39, 0.29) is 18.0 Å². The molecule has 0 saturated carbocycles. The van der Waals surface area contributed by atoms with Gasteiger partial charge in [-0.05, 0) is 19.3 Å². The third-order valence-electron chi connectivity index (χ3n) is 3.97. The first-order valence-corrected chi connectivity index (χ1v) is 8.57. The molecule has 2 saturated heterocycles. The first-order valence-electron chi connectivity index (χ1n) is 6.96. The van der Waals surface area contributed by atoms with Gasteiger partial charge in [0.2, 0.25) is 10.0 Å². The normalized spacial score (nSPS) is 31.2. The molecule has 2 heterocycles. The van der Waals surface area contributed by atoms with Crippen LogP contribution in [0.2, 0.25) is 0 Å². The second-order valence-electron chi connectivity index (χ2n) is 5.34. The standard InChI is InChI=1S/C12H24N2O3S/c1-2-3-8-18(16,17)13-6-4-5-7-14-11(10-13)9-12(14)15/h11-12,15H,2-10H2,1H3/t11-,12-/m1/s1. The Bertz CT molecular complexity index is 372. The van der Waals surface area contributed by atoms with Gasteiger partial charge in [0.05, 0.1) is 5.75 Å². The Kier molecular flexibility index (Phi) is 4.64. The number of hydrogen-bond acceptors (Lipinski definition) is 4. The first kappa shape index (κ1) is 14.2. The van der Waals surface area contributed by atoms with Crippen LogP contribution in [0.4, 0.5) is 0 Å². The zero-order valence-corrected chi connectivity index (χ0v) is 11.9. The third-order valence-corrected chi connectivity index (χ3v) is 5.90. The molecule has 0 bridgehead atoms. The summed E-state index contributed by atoms with van der Waals surface area (Å²) in [5.41, 5.74) is 0. The summed E-state index contributed by atoms with van der Waals surface area (Å²) in [5, 5.41) is 9.65. The molecule has 2 rings (SSSR count). The zero-order chi connectivity index (χ0) is 13.2. The molecule has 0 aromatic heterocycles. The van der Waals surface area contributed by atoms with E-state index >= 15 is 0 Å². The van der Waals surface area contributed by atoms with Crippen LogP contribution < -0.4 is 0 Å². The molecule has 0 radical (unpaired) electrons. The van der Waals surface area contributed by atoms with E-state index in [1.807, 2.05) is 11.8 Å². The number of sulfonamides is 1. The summed E-state index contributed by atoms with van der Waals surface area (Å²) in [4.78, 5) is 2.03. The highest BCUT2D eigenvalue weighted by Crippen LogP contribution is 2.27. The summed E-state index contributed by atoms with van der Waals surface area (Å²) in [5.74, 6) is 0.263. The van der Waals surface area contributed by atoms with Crippen molar-refractivity contribution in [3.05, 3.63) is 0 Å². The van der Waals surface area contributed by atoms with Crippen LogP contribution in [0, 0.1) is 0 Å². The molecule has 2 atom stereocenters. The lowest BCUT2D eigenvalue weighted by Crippen LogP contribution is -2.61. The maximum Gasteiger partial charge on any atom is 0.214 e. The molecule has 0 aromatic rings. The monoisotopic (exact) mass is 276 g/mol. The van der Waals surface area contributed by atoms with Crippen LogP contribution in [0.5, 0.6) is 0 Å². The molecule has 5 nitrogen and oxygen atoms in total. The molecule has 2 fully saturated rings. The molecule has 0 unspecified atom stereocenters. The van der Waals surface area contributed by atoms with Crippen LogP contribution in [-0.2, 0) is 10.0 Å². The number of aliphatic hydroxyl groups is 1. The minimum Gasteiger partial charge on any atom is -0.378 e. The molecule has 1 N–H and O–H groups in total. The van der Waals surface area contributed by atoms with Crippen molar-refractivity contribution in [2.45, 2.75) is 51.3 Å². The highest BCUT2D eigenvalue weighted by Gasteiger charge is 2.40. The highest BCUT2D eigenvalue weighted by atomic mass is 32.2. The smallest absolute Gasteiger partial charge is 0.214 e. The molecule has 0 aromatic carbocycles. The largest absolute Gasteiger partial charge is 0.378 e. The molecule has 18 heavy (non-hydrogen) atoms. The van der Waals surface area contributed by atoms with E-state index in [1.165, 1.54) is 0 Å². The number of unbranched alkanes of at least 4 members (excludes halogenated alkanes) is 1. The van der Waals surface area contributed by atoms with E-state index in [0.29, 0.717) is 19.5 Å². The number of aliphatic hydroxyl groups excluding tert-OH is 1. The second-order valence-corrected chi connectivity index (χ2v) is 7.43. The van der Waals surface area contributed by atoms with Crippen LogP contribution in [0.25, 0.3) is 0 Å². The average Bonchev–Trinajstić information content (AvgIpc) is 2.30. The van der Waals surface area contributed by atoms with Crippen molar-refractivity contribution in [2.75, 3.05) is 25.4 Å². The summed E-state index contributed by atoms with van der Waals surface area (Å²) in [6, 6.07) is 0.219. The molecule has 2 aliphatic rings. The number of hydrogen-bond donors (Lipinski definition) is 1. The van der Waals surface area contributed by atoms with Gasteiger partial charge in [0.15, 0.2) is 0 Å². The van der Waals surface area contributed by atoms with Crippen molar-refractivity contribution < 1.29 is 13.5 Å². The van der Waals surface area contributed by atoms with E-state index in [0.717, 1.165) is 32.2 Å². The second kappa shape index (κ2) is 5.86. The van der Waals surface area contributed by atoms with Crippen molar-refractivity contribution in [1.29, 1.82) is 0 Å². The van der Waals surface area contributed by atoms with E-state index in [9.17, 15) is 13.5 Å². The number of nitrogens with zero attached hydrogens (tertiary/aromatic N) is 2. The number of rotatable bonds is 4.